The van der Waals surface area contributed by atoms with Crippen LogP contribution >= 0.6 is 35.8 Å². The first kappa shape index (κ1) is 13.4. The molecule has 1 aromatic heterocycles. The van der Waals surface area contributed by atoms with E-state index in [1.165, 1.54) is 11.5 Å². The van der Waals surface area contributed by atoms with Gasteiger partial charge in [0.2, 0.25) is 0 Å². The lowest BCUT2D eigenvalue weighted by Gasteiger charge is -1.98. The normalized spacial score (nSPS) is 10.3. The second kappa shape index (κ2) is 6.22. The van der Waals surface area contributed by atoms with Gasteiger partial charge in [0.15, 0.2) is 0 Å². The summed E-state index contributed by atoms with van der Waals surface area (Å²) >= 11 is 11.1. The molecular weight excluding hydrogens is 288 g/mol. The van der Waals surface area contributed by atoms with Gasteiger partial charge in [-0.2, -0.15) is 17.0 Å². The molecule has 0 unspecified atom stereocenters. The summed E-state index contributed by atoms with van der Waals surface area (Å²) < 4.78 is 4.26. The van der Waals surface area contributed by atoms with Gasteiger partial charge in [-0.1, -0.05) is 23.7 Å². The van der Waals surface area contributed by atoms with E-state index in [2.05, 4.69) is 22.3 Å². The zero-order valence-electron chi connectivity index (χ0n) is 9.39. The summed E-state index contributed by atoms with van der Waals surface area (Å²) in [5.41, 5.74) is 1.73. The number of benzene rings is 1. The highest BCUT2D eigenvalue weighted by Crippen LogP contribution is 2.23. The van der Waals surface area contributed by atoms with Crippen LogP contribution in [0.25, 0.3) is 11.3 Å². The second-order valence-electron chi connectivity index (χ2n) is 3.56. The number of hydrogen-bond acceptors (Lipinski definition) is 4. The van der Waals surface area contributed by atoms with E-state index in [0.717, 1.165) is 11.3 Å². The molecule has 2 rings (SSSR count). The number of thiol groups is 1. The van der Waals surface area contributed by atoms with Gasteiger partial charge in [-0.25, -0.2) is 0 Å². The van der Waals surface area contributed by atoms with Crippen molar-refractivity contribution in [1.29, 1.82) is 0 Å². The molecule has 3 nitrogen and oxygen atoms in total. The third-order valence-electron chi connectivity index (χ3n) is 2.27. The van der Waals surface area contributed by atoms with E-state index in [0.29, 0.717) is 22.2 Å². The smallest absolute Gasteiger partial charge is 0.263 e. The van der Waals surface area contributed by atoms with Crippen molar-refractivity contribution < 1.29 is 4.79 Å². The summed E-state index contributed by atoms with van der Waals surface area (Å²) in [5.74, 6) is 0.510. The van der Waals surface area contributed by atoms with Crippen molar-refractivity contribution >= 4 is 41.7 Å². The minimum atomic E-state index is -0.109. The van der Waals surface area contributed by atoms with Crippen LogP contribution in [0.3, 0.4) is 0 Å². The Morgan fingerprint density at radius 2 is 2.11 bits per heavy atom. The first-order chi connectivity index (χ1) is 8.70. The fourth-order valence-electron chi connectivity index (χ4n) is 1.40. The summed E-state index contributed by atoms with van der Waals surface area (Å²) in [6.45, 7) is 0.552. The third kappa shape index (κ3) is 3.25. The van der Waals surface area contributed by atoms with Gasteiger partial charge in [0.05, 0.1) is 5.69 Å². The molecule has 0 saturated heterocycles. The van der Waals surface area contributed by atoms with Crippen LogP contribution in [0.1, 0.15) is 9.67 Å². The predicted octanol–water partition coefficient (Wildman–Crippen LogP) is 3.12. The molecule has 0 atom stereocenters. The molecule has 0 fully saturated rings. The van der Waals surface area contributed by atoms with Gasteiger partial charge in [0, 0.05) is 22.9 Å². The van der Waals surface area contributed by atoms with Crippen LogP contribution in [0.15, 0.2) is 30.3 Å². The van der Waals surface area contributed by atoms with Crippen LogP contribution in [0.5, 0.6) is 0 Å². The number of carbonyl (C=O) groups excluding carboxylic acids is 1. The number of nitrogens with one attached hydrogen (secondary N) is 1. The highest BCUT2D eigenvalue weighted by atomic mass is 35.5. The maximum atomic E-state index is 11.7. The van der Waals surface area contributed by atoms with Crippen LogP contribution in [-0.2, 0) is 0 Å². The van der Waals surface area contributed by atoms with E-state index in [4.69, 9.17) is 11.6 Å². The number of halogens is 1. The SMILES string of the molecule is O=C(NCCS)c1cc(-c2ccc(Cl)cc2)ns1. The quantitative estimate of drug-likeness (QED) is 0.852. The molecule has 0 saturated carbocycles. The molecular formula is C12H11ClN2OS2. The van der Waals surface area contributed by atoms with Gasteiger partial charge in [-0.05, 0) is 29.7 Å². The lowest BCUT2D eigenvalue weighted by molar-refractivity contribution is 0.0960. The average Bonchev–Trinajstić information content (AvgIpc) is 2.86. The zero-order valence-corrected chi connectivity index (χ0v) is 11.9. The molecule has 0 aliphatic carbocycles. The Balaban J connectivity index is 2.15. The van der Waals surface area contributed by atoms with Crippen LogP contribution in [0.2, 0.25) is 5.02 Å². The van der Waals surface area contributed by atoms with Crippen LogP contribution in [0.4, 0.5) is 0 Å². The maximum absolute atomic E-state index is 11.7. The Morgan fingerprint density at radius 3 is 2.78 bits per heavy atom. The zero-order chi connectivity index (χ0) is 13.0. The molecule has 0 spiro atoms. The Hall–Kier alpha value is -1.04. The van der Waals surface area contributed by atoms with Gasteiger partial charge in [-0.15, -0.1) is 0 Å². The molecule has 0 radical (unpaired) electrons. The number of hydrogen-bond donors (Lipinski definition) is 2. The average molecular weight is 299 g/mol. The van der Waals surface area contributed by atoms with Crippen molar-refractivity contribution in [2.24, 2.45) is 0 Å². The molecule has 1 heterocycles. The van der Waals surface area contributed by atoms with Crippen molar-refractivity contribution in [1.82, 2.24) is 9.69 Å². The van der Waals surface area contributed by atoms with Crippen molar-refractivity contribution in [2.45, 2.75) is 0 Å². The van der Waals surface area contributed by atoms with Gasteiger partial charge in [0.25, 0.3) is 5.91 Å². The van der Waals surface area contributed by atoms with E-state index < -0.39 is 0 Å². The summed E-state index contributed by atoms with van der Waals surface area (Å²) in [7, 11) is 0. The fraction of sp³-hybridized carbons (Fsp3) is 0.167. The molecule has 0 aliphatic heterocycles. The van der Waals surface area contributed by atoms with Crippen LogP contribution < -0.4 is 5.32 Å². The van der Waals surface area contributed by atoms with Gasteiger partial charge < -0.3 is 5.32 Å². The van der Waals surface area contributed by atoms with Gasteiger partial charge in [0.1, 0.15) is 4.88 Å². The number of carbonyl (C=O) groups is 1. The molecule has 1 amide bonds. The first-order valence-electron chi connectivity index (χ1n) is 5.32. The lowest BCUT2D eigenvalue weighted by atomic mass is 10.1. The van der Waals surface area contributed by atoms with E-state index >= 15 is 0 Å². The lowest BCUT2D eigenvalue weighted by Crippen LogP contribution is -2.24. The number of amides is 1. The molecule has 0 aliphatic rings. The molecule has 0 bridgehead atoms. The molecule has 6 heteroatoms. The Bertz CT molecular complexity index is 539. The monoisotopic (exact) mass is 298 g/mol. The molecule has 18 heavy (non-hydrogen) atoms. The summed E-state index contributed by atoms with van der Waals surface area (Å²) in [6.07, 6.45) is 0. The van der Waals surface area contributed by atoms with Crippen LogP contribution in [0, 0.1) is 0 Å². The minimum absolute atomic E-state index is 0.109. The third-order valence-corrected chi connectivity index (χ3v) is 3.53. The standard InChI is InChI=1S/C12H11ClN2OS2/c13-9-3-1-8(2-4-9)10-7-11(18-15-10)12(16)14-5-6-17/h1-4,7,17H,5-6H2,(H,14,16). The van der Waals surface area contributed by atoms with Crippen molar-refractivity contribution in [3.05, 3.63) is 40.2 Å². The number of rotatable bonds is 4. The highest BCUT2D eigenvalue weighted by Gasteiger charge is 2.10. The van der Waals surface area contributed by atoms with Crippen molar-refractivity contribution in [2.75, 3.05) is 12.3 Å². The second-order valence-corrected chi connectivity index (χ2v) is 5.25. The molecule has 2 aromatic rings. The summed E-state index contributed by atoms with van der Waals surface area (Å²) in [5, 5.41) is 3.44. The Labute approximate surface area is 120 Å². The molecule has 1 aromatic carbocycles. The fourth-order valence-corrected chi connectivity index (χ4v) is 2.31. The number of aromatic nitrogens is 1. The molecule has 1 N–H and O–H groups in total. The van der Waals surface area contributed by atoms with Crippen LogP contribution in [-0.4, -0.2) is 22.6 Å². The van der Waals surface area contributed by atoms with E-state index in [9.17, 15) is 4.79 Å². The Kier molecular flexibility index (Phi) is 4.63. The largest absolute Gasteiger partial charge is 0.350 e. The topological polar surface area (TPSA) is 42.0 Å². The van der Waals surface area contributed by atoms with E-state index in [-0.39, 0.29) is 5.91 Å². The first-order valence-corrected chi connectivity index (χ1v) is 7.11. The van der Waals surface area contributed by atoms with Gasteiger partial charge in [-0.3, -0.25) is 4.79 Å². The van der Waals surface area contributed by atoms with E-state index in [1.807, 2.05) is 12.1 Å². The van der Waals surface area contributed by atoms with E-state index in [1.54, 1.807) is 18.2 Å². The maximum Gasteiger partial charge on any atom is 0.263 e. The van der Waals surface area contributed by atoms with Gasteiger partial charge >= 0.3 is 0 Å². The predicted molar refractivity (Wildman–Crippen MR) is 78.7 cm³/mol. The Morgan fingerprint density at radius 1 is 1.39 bits per heavy atom. The van der Waals surface area contributed by atoms with Crippen molar-refractivity contribution in [3.8, 4) is 11.3 Å². The minimum Gasteiger partial charge on any atom is -0.350 e. The molecule has 94 valence electrons. The highest BCUT2D eigenvalue weighted by molar-refractivity contribution is 7.80. The summed E-state index contributed by atoms with van der Waals surface area (Å²) in [6, 6.07) is 9.15. The number of nitrogens with zero attached hydrogens (tertiary/aromatic N) is 1. The summed E-state index contributed by atoms with van der Waals surface area (Å²) in [4.78, 5) is 12.3. The van der Waals surface area contributed by atoms with Crippen molar-refractivity contribution in [3.63, 3.8) is 0 Å².